The van der Waals surface area contributed by atoms with Gasteiger partial charge in [0, 0.05) is 19.0 Å². The van der Waals surface area contributed by atoms with Crippen molar-refractivity contribution >= 4 is 23.2 Å². The highest BCUT2D eigenvalue weighted by molar-refractivity contribution is 7.09. The Bertz CT molecular complexity index is 742. The van der Waals surface area contributed by atoms with Gasteiger partial charge >= 0.3 is 0 Å². The van der Waals surface area contributed by atoms with Crippen LogP contribution in [0.3, 0.4) is 0 Å². The fourth-order valence-electron chi connectivity index (χ4n) is 2.28. The van der Waals surface area contributed by atoms with Crippen molar-refractivity contribution in [1.29, 1.82) is 0 Å². The Morgan fingerprint density at radius 2 is 2.08 bits per heavy atom. The van der Waals surface area contributed by atoms with E-state index >= 15 is 0 Å². The number of carbonyl (C=O) groups excluding carboxylic acids is 1. The molecule has 0 bridgehead atoms. The summed E-state index contributed by atoms with van der Waals surface area (Å²) in [5, 5.41) is 8.41. The molecule has 0 saturated heterocycles. The number of benzene rings is 1. The number of likely N-dealkylation sites (N-methyl/N-ethyl adjacent to an activating group) is 1. The molecular formula is C19H26N4O2S. The highest BCUT2D eigenvalue weighted by Gasteiger charge is 2.07. The smallest absolute Gasteiger partial charge is 0.241 e. The molecule has 140 valence electrons. The van der Waals surface area contributed by atoms with Gasteiger partial charge in [-0.2, -0.15) is 0 Å². The summed E-state index contributed by atoms with van der Waals surface area (Å²) in [4.78, 5) is 19.2. The number of nitrogens with zero attached hydrogens (tertiary/aromatic N) is 2. The van der Waals surface area contributed by atoms with E-state index in [1.807, 2.05) is 30.5 Å². The summed E-state index contributed by atoms with van der Waals surface area (Å²) in [5.41, 5.74) is 2.18. The van der Waals surface area contributed by atoms with E-state index in [9.17, 15) is 4.79 Å². The Balaban J connectivity index is 2.06. The van der Waals surface area contributed by atoms with Gasteiger partial charge in [0.05, 0.1) is 26.7 Å². The summed E-state index contributed by atoms with van der Waals surface area (Å²) in [6, 6.07) is 10.1. The molecule has 0 spiro atoms. The van der Waals surface area contributed by atoms with Gasteiger partial charge in [0.1, 0.15) is 5.75 Å². The SMILES string of the molecule is COc1cc(C)cc(CN=C(NCC(=O)N(C)C)NCc2cccs2)c1. The van der Waals surface area contributed by atoms with Crippen molar-refractivity contribution in [3.63, 3.8) is 0 Å². The first-order valence-corrected chi connectivity index (χ1v) is 9.25. The largest absolute Gasteiger partial charge is 0.497 e. The van der Waals surface area contributed by atoms with Crippen LogP contribution in [0.5, 0.6) is 5.75 Å². The monoisotopic (exact) mass is 374 g/mol. The molecule has 7 heteroatoms. The highest BCUT2D eigenvalue weighted by Crippen LogP contribution is 2.17. The van der Waals surface area contributed by atoms with Crippen LogP contribution in [0.1, 0.15) is 16.0 Å². The molecule has 2 rings (SSSR count). The van der Waals surface area contributed by atoms with Crippen molar-refractivity contribution in [2.45, 2.75) is 20.0 Å². The fraction of sp³-hybridized carbons (Fsp3) is 0.368. The predicted molar refractivity (Wildman–Crippen MR) is 107 cm³/mol. The second-order valence-electron chi connectivity index (χ2n) is 6.10. The number of aryl methyl sites for hydroxylation is 1. The first kappa shape index (κ1) is 19.8. The lowest BCUT2D eigenvalue weighted by molar-refractivity contribution is -0.127. The van der Waals surface area contributed by atoms with Crippen LogP contribution in [0.4, 0.5) is 0 Å². The van der Waals surface area contributed by atoms with E-state index in [0.29, 0.717) is 19.0 Å². The molecule has 6 nitrogen and oxygen atoms in total. The van der Waals surface area contributed by atoms with Crippen molar-refractivity contribution in [3.05, 3.63) is 51.7 Å². The molecule has 26 heavy (non-hydrogen) atoms. The third kappa shape index (κ3) is 6.40. The molecule has 2 aromatic rings. The van der Waals surface area contributed by atoms with Crippen LogP contribution in [0.25, 0.3) is 0 Å². The standard InChI is InChI=1S/C19H26N4O2S/c1-14-8-15(10-16(9-14)25-4)11-20-19(22-13-18(24)23(2)3)21-12-17-6-5-7-26-17/h5-10H,11-13H2,1-4H3,(H2,20,21,22). The van der Waals surface area contributed by atoms with Gasteiger partial charge in [-0.05, 0) is 41.6 Å². The normalized spacial score (nSPS) is 11.2. The molecular weight excluding hydrogens is 348 g/mol. The summed E-state index contributed by atoms with van der Waals surface area (Å²) < 4.78 is 5.32. The maximum atomic E-state index is 11.8. The average molecular weight is 375 g/mol. The van der Waals surface area contributed by atoms with Gasteiger partial charge in [0.15, 0.2) is 5.96 Å². The lowest BCUT2D eigenvalue weighted by atomic mass is 10.1. The minimum absolute atomic E-state index is 0.00662. The number of aliphatic imine (C=N–C) groups is 1. The molecule has 0 unspecified atom stereocenters. The Labute approximate surface area is 158 Å². The maximum absolute atomic E-state index is 11.8. The van der Waals surface area contributed by atoms with Gasteiger partial charge in [-0.25, -0.2) is 4.99 Å². The molecule has 0 saturated carbocycles. The van der Waals surface area contributed by atoms with Crippen molar-refractivity contribution in [2.75, 3.05) is 27.7 Å². The van der Waals surface area contributed by atoms with Crippen LogP contribution in [0.2, 0.25) is 0 Å². The summed E-state index contributed by atoms with van der Waals surface area (Å²) in [6.07, 6.45) is 0. The fourth-order valence-corrected chi connectivity index (χ4v) is 2.92. The highest BCUT2D eigenvalue weighted by atomic mass is 32.1. The quantitative estimate of drug-likeness (QED) is 0.577. The first-order valence-electron chi connectivity index (χ1n) is 8.37. The van der Waals surface area contributed by atoms with Gasteiger partial charge in [-0.15, -0.1) is 11.3 Å². The third-order valence-corrected chi connectivity index (χ3v) is 4.56. The predicted octanol–water partition coefficient (Wildman–Crippen LogP) is 2.39. The van der Waals surface area contributed by atoms with Crippen molar-refractivity contribution in [1.82, 2.24) is 15.5 Å². The number of hydrogen-bond donors (Lipinski definition) is 2. The summed E-state index contributed by atoms with van der Waals surface area (Å²) in [7, 11) is 5.13. The summed E-state index contributed by atoms with van der Waals surface area (Å²) >= 11 is 1.68. The number of thiophene rings is 1. The van der Waals surface area contributed by atoms with Crippen molar-refractivity contribution in [2.24, 2.45) is 4.99 Å². The molecule has 0 radical (unpaired) electrons. The molecule has 0 fully saturated rings. The number of guanidine groups is 1. The van der Waals surface area contributed by atoms with Crippen molar-refractivity contribution < 1.29 is 9.53 Å². The van der Waals surface area contributed by atoms with E-state index in [0.717, 1.165) is 16.9 Å². The van der Waals surface area contributed by atoms with E-state index < -0.39 is 0 Å². The van der Waals surface area contributed by atoms with Gasteiger partial charge in [-0.3, -0.25) is 4.79 Å². The van der Waals surface area contributed by atoms with Crippen LogP contribution < -0.4 is 15.4 Å². The van der Waals surface area contributed by atoms with Crippen LogP contribution >= 0.6 is 11.3 Å². The topological polar surface area (TPSA) is 66.0 Å². The summed E-state index contributed by atoms with van der Waals surface area (Å²) in [6.45, 7) is 3.38. The van der Waals surface area contributed by atoms with E-state index in [2.05, 4.69) is 27.8 Å². The van der Waals surface area contributed by atoms with E-state index in [4.69, 9.17) is 4.74 Å². The van der Waals surface area contributed by atoms with E-state index in [1.165, 1.54) is 4.88 Å². The number of nitrogens with one attached hydrogen (secondary N) is 2. The summed E-state index contributed by atoms with van der Waals surface area (Å²) in [5.74, 6) is 1.42. The number of hydrogen-bond acceptors (Lipinski definition) is 4. The second-order valence-corrected chi connectivity index (χ2v) is 7.13. The Morgan fingerprint density at radius 3 is 2.73 bits per heavy atom. The number of methoxy groups -OCH3 is 1. The van der Waals surface area contributed by atoms with E-state index in [-0.39, 0.29) is 12.5 Å². The van der Waals surface area contributed by atoms with Crippen LogP contribution in [-0.4, -0.2) is 44.5 Å². The van der Waals surface area contributed by atoms with Gasteiger partial charge in [0.25, 0.3) is 0 Å². The Morgan fingerprint density at radius 1 is 1.27 bits per heavy atom. The molecule has 1 amide bonds. The lowest BCUT2D eigenvalue weighted by Crippen LogP contribution is -2.42. The molecule has 1 heterocycles. The molecule has 0 atom stereocenters. The van der Waals surface area contributed by atoms with Gasteiger partial charge in [0.2, 0.25) is 5.91 Å². The first-order chi connectivity index (χ1) is 12.5. The number of ether oxygens (including phenoxy) is 1. The molecule has 0 aliphatic carbocycles. The number of carbonyl (C=O) groups is 1. The van der Waals surface area contributed by atoms with Crippen LogP contribution in [0, 0.1) is 6.92 Å². The third-order valence-electron chi connectivity index (χ3n) is 3.68. The number of rotatable bonds is 7. The van der Waals surface area contributed by atoms with Gasteiger partial charge in [-0.1, -0.05) is 12.1 Å². The zero-order valence-corrected chi connectivity index (χ0v) is 16.5. The maximum Gasteiger partial charge on any atom is 0.241 e. The minimum atomic E-state index is -0.00662. The molecule has 2 N–H and O–H groups in total. The average Bonchev–Trinajstić information content (AvgIpc) is 3.13. The lowest BCUT2D eigenvalue weighted by Gasteiger charge is -2.15. The zero-order chi connectivity index (χ0) is 18.9. The molecule has 0 aliphatic rings. The minimum Gasteiger partial charge on any atom is -0.497 e. The molecule has 1 aromatic heterocycles. The second kappa shape index (κ2) is 9.82. The van der Waals surface area contributed by atoms with E-state index in [1.54, 1.807) is 37.4 Å². The van der Waals surface area contributed by atoms with Crippen molar-refractivity contribution in [3.8, 4) is 5.75 Å². The Kier molecular flexibility index (Phi) is 7.47. The van der Waals surface area contributed by atoms with Crippen LogP contribution in [0.15, 0.2) is 40.7 Å². The van der Waals surface area contributed by atoms with Gasteiger partial charge < -0.3 is 20.3 Å². The molecule has 0 aliphatic heterocycles. The zero-order valence-electron chi connectivity index (χ0n) is 15.7. The molecule has 1 aromatic carbocycles. The number of amides is 1. The Hall–Kier alpha value is -2.54. The van der Waals surface area contributed by atoms with Crippen LogP contribution in [-0.2, 0) is 17.9 Å².